The van der Waals surface area contributed by atoms with E-state index in [9.17, 15) is 48.5 Å². The van der Waals surface area contributed by atoms with E-state index in [1.807, 2.05) is 110 Å². The summed E-state index contributed by atoms with van der Waals surface area (Å²) >= 11 is 0. The molecule has 328 valence electrons. The molecule has 2 heterocycles. The van der Waals surface area contributed by atoms with Gasteiger partial charge in [-0.15, -0.1) is 0 Å². The lowest BCUT2D eigenvalue weighted by Crippen LogP contribution is -2.51. The summed E-state index contributed by atoms with van der Waals surface area (Å²) in [5.74, 6) is -3.62. The molecule has 1 saturated carbocycles. The average Bonchev–Trinajstić information content (AvgIpc) is 3.49. The van der Waals surface area contributed by atoms with Gasteiger partial charge in [0.2, 0.25) is 11.6 Å². The number of anilines is 1. The molecule has 60 heavy (non-hydrogen) atoms. The summed E-state index contributed by atoms with van der Waals surface area (Å²) in [6, 6.07) is 15.5. The molecule has 0 radical (unpaired) electrons. The number of hydrogen-bond acceptors (Lipinski definition) is 10. The lowest BCUT2D eigenvalue weighted by molar-refractivity contribution is -0.437. The third-order valence-corrected chi connectivity index (χ3v) is 13.9. The number of nitrogens with one attached hydrogen (secondary N) is 1. The fraction of sp³-hybridized carbons (Fsp3) is 0.500. The summed E-state index contributed by atoms with van der Waals surface area (Å²) in [7, 11) is -12.8. The second-order valence-corrected chi connectivity index (χ2v) is 21.4. The van der Waals surface area contributed by atoms with Gasteiger partial charge in [-0.1, -0.05) is 68.0 Å². The summed E-state index contributed by atoms with van der Waals surface area (Å²) in [6.07, 6.45) is 8.25. The number of carbonyl (C=O) groups is 2. The van der Waals surface area contributed by atoms with E-state index in [4.69, 9.17) is 4.74 Å². The molecular weight excluding hydrogens is 835 g/mol. The SMILES string of the molecule is CCOC(=O)C1(C(=O)NCCS(=O)(=O)O)C/C(=C\C=C2\N(CCCS(=O)(=O)O)c3ccccc3C2(C)C)CC(/C=C/C2=[N+](CCCS(=O)(=O)O)c3ccccc3C2(C)C)C1. The van der Waals surface area contributed by atoms with Crippen LogP contribution in [-0.4, -0.2) is 105 Å². The monoisotopic (exact) mass is 890 g/mol. The van der Waals surface area contributed by atoms with Crippen molar-refractivity contribution < 1.29 is 57.8 Å². The number of esters is 1. The minimum Gasteiger partial charge on any atom is -0.465 e. The first-order valence-electron chi connectivity index (χ1n) is 19.9. The molecule has 4 N–H and O–H groups in total. The smallest absolute Gasteiger partial charge is 0.321 e. The lowest BCUT2D eigenvalue weighted by Gasteiger charge is -2.38. The van der Waals surface area contributed by atoms with Gasteiger partial charge in [-0.25, -0.2) is 0 Å². The zero-order valence-corrected chi connectivity index (χ0v) is 37.1. The Morgan fingerprint density at radius 1 is 0.850 bits per heavy atom. The summed E-state index contributed by atoms with van der Waals surface area (Å²) in [6.45, 7) is 9.86. The van der Waals surface area contributed by atoms with E-state index in [2.05, 4.69) is 5.32 Å². The van der Waals surface area contributed by atoms with E-state index in [0.29, 0.717) is 12.0 Å². The minimum absolute atomic E-state index is 0.00391. The Morgan fingerprint density at radius 2 is 1.47 bits per heavy atom. The van der Waals surface area contributed by atoms with Gasteiger partial charge in [0.15, 0.2) is 11.1 Å². The van der Waals surface area contributed by atoms with Crippen molar-refractivity contribution in [3.63, 3.8) is 0 Å². The van der Waals surface area contributed by atoms with Crippen LogP contribution >= 0.6 is 0 Å². The number of allylic oxidation sites excluding steroid dienone is 6. The topological polar surface area (TPSA) is 225 Å². The quantitative estimate of drug-likeness (QED) is 0.0700. The molecule has 3 aliphatic rings. The molecule has 1 amide bonds. The van der Waals surface area contributed by atoms with E-state index >= 15 is 0 Å². The molecule has 2 aromatic carbocycles. The predicted molar refractivity (Wildman–Crippen MR) is 229 cm³/mol. The molecule has 2 atom stereocenters. The molecule has 2 unspecified atom stereocenters. The average molecular weight is 891 g/mol. The van der Waals surface area contributed by atoms with Crippen molar-refractivity contribution in [1.82, 2.24) is 5.32 Å². The van der Waals surface area contributed by atoms with Crippen molar-refractivity contribution in [2.75, 3.05) is 48.4 Å². The van der Waals surface area contributed by atoms with Crippen molar-refractivity contribution >= 4 is 59.3 Å². The summed E-state index contributed by atoms with van der Waals surface area (Å²) in [5, 5.41) is 2.55. The van der Waals surface area contributed by atoms with Crippen molar-refractivity contribution in [3.8, 4) is 0 Å². The molecule has 1 fully saturated rings. The molecule has 2 aliphatic heterocycles. The van der Waals surface area contributed by atoms with E-state index in [0.717, 1.165) is 33.9 Å². The number of ether oxygens (including phenoxy) is 1. The first kappa shape index (κ1) is 46.9. The summed E-state index contributed by atoms with van der Waals surface area (Å²) < 4.78 is 106. The van der Waals surface area contributed by atoms with Crippen LogP contribution < -0.4 is 10.2 Å². The molecule has 0 saturated heterocycles. The number of para-hydroxylation sites is 2. The fourth-order valence-electron chi connectivity index (χ4n) is 8.80. The van der Waals surface area contributed by atoms with Crippen LogP contribution in [0.3, 0.4) is 0 Å². The highest BCUT2D eigenvalue weighted by atomic mass is 32.2. The van der Waals surface area contributed by atoms with Crippen LogP contribution in [-0.2, 0) is 55.5 Å². The van der Waals surface area contributed by atoms with E-state index in [1.165, 1.54) is 0 Å². The zero-order valence-electron chi connectivity index (χ0n) is 34.6. The Balaban J connectivity index is 1.61. The molecule has 15 nitrogen and oxygen atoms in total. The number of benzene rings is 2. The highest BCUT2D eigenvalue weighted by molar-refractivity contribution is 7.86. The van der Waals surface area contributed by atoms with Gasteiger partial charge in [0, 0.05) is 54.0 Å². The minimum atomic E-state index is -4.43. The first-order chi connectivity index (χ1) is 27.9. The van der Waals surface area contributed by atoms with Crippen LogP contribution in [0.25, 0.3) is 0 Å². The van der Waals surface area contributed by atoms with Gasteiger partial charge in [-0.05, 0) is 70.1 Å². The lowest BCUT2D eigenvalue weighted by atomic mass is 9.66. The molecule has 0 spiro atoms. The number of hydrogen-bond donors (Lipinski definition) is 4. The number of amides is 1. The van der Waals surface area contributed by atoms with Gasteiger partial charge in [0.05, 0.1) is 29.3 Å². The number of rotatable bonds is 17. The summed E-state index contributed by atoms with van der Waals surface area (Å²) in [4.78, 5) is 30.3. The Labute approximate surface area is 353 Å². The second-order valence-electron chi connectivity index (χ2n) is 16.7. The van der Waals surface area contributed by atoms with Crippen molar-refractivity contribution in [3.05, 3.63) is 95.2 Å². The summed E-state index contributed by atoms with van der Waals surface area (Å²) in [5.41, 5.74) is 3.24. The van der Waals surface area contributed by atoms with Gasteiger partial charge in [0.25, 0.3) is 30.4 Å². The molecule has 0 bridgehead atoms. The second kappa shape index (κ2) is 18.0. The Kier molecular flexibility index (Phi) is 14.1. The van der Waals surface area contributed by atoms with Gasteiger partial charge < -0.3 is 15.0 Å². The molecular formula is C42H56N3O12S3+. The van der Waals surface area contributed by atoms with E-state index in [-0.39, 0.29) is 45.4 Å². The van der Waals surface area contributed by atoms with Gasteiger partial charge in [0.1, 0.15) is 6.54 Å². The van der Waals surface area contributed by atoms with Crippen LogP contribution in [0.5, 0.6) is 0 Å². The van der Waals surface area contributed by atoms with Crippen molar-refractivity contribution in [2.45, 2.75) is 77.6 Å². The first-order valence-corrected chi connectivity index (χ1v) is 24.7. The maximum Gasteiger partial charge on any atom is 0.321 e. The van der Waals surface area contributed by atoms with Gasteiger partial charge in [-0.2, -0.15) is 29.8 Å². The van der Waals surface area contributed by atoms with Crippen LogP contribution in [0.2, 0.25) is 0 Å². The molecule has 5 rings (SSSR count). The molecule has 18 heteroatoms. The Hall–Kier alpha value is -4.20. The molecule has 2 aromatic rings. The molecule has 1 aliphatic carbocycles. The van der Waals surface area contributed by atoms with E-state index in [1.54, 1.807) is 6.92 Å². The Morgan fingerprint density at radius 3 is 2.12 bits per heavy atom. The maximum atomic E-state index is 14.2. The maximum absolute atomic E-state index is 14.2. The third kappa shape index (κ3) is 10.8. The van der Waals surface area contributed by atoms with Crippen LogP contribution in [0.1, 0.15) is 77.8 Å². The van der Waals surface area contributed by atoms with Gasteiger partial charge in [-0.3, -0.25) is 23.2 Å². The van der Waals surface area contributed by atoms with Crippen molar-refractivity contribution in [2.24, 2.45) is 11.3 Å². The largest absolute Gasteiger partial charge is 0.465 e. The molecule has 0 aromatic heterocycles. The number of carbonyl (C=O) groups excluding carboxylic acids is 2. The van der Waals surface area contributed by atoms with Crippen LogP contribution in [0.4, 0.5) is 11.4 Å². The zero-order chi connectivity index (χ0) is 44.3. The number of nitrogens with zero attached hydrogens (tertiary/aromatic N) is 2. The standard InChI is InChI=1S/C42H55N3O12S3/c1-6-57-39(47)42(38(46)43-21-26-60(54,55)56)28-30(17-19-36-40(2,3)32-13-7-9-15-34(32)44(36)22-11-24-58(48,49)50)27-31(29-42)18-20-37-41(4,5)33-14-8-10-16-35(33)45(37)23-12-25-59(51,52)53/h7-10,13-20,30H,6,11-12,21-29H2,1-5H3,(H3-,43,46,48,49,50,51,52,53,54,55,56)/p+1/b19-17+,31-18-,37-20+. The normalized spacial score (nSPS) is 22.7. The predicted octanol–water partition coefficient (Wildman–Crippen LogP) is 5.14. The third-order valence-electron chi connectivity index (χ3n) is 11.6. The highest BCUT2D eigenvalue weighted by Crippen LogP contribution is 2.49. The van der Waals surface area contributed by atoms with E-state index < -0.39 is 88.2 Å². The number of fused-ring (bicyclic) bond motifs is 2. The van der Waals surface area contributed by atoms with Crippen molar-refractivity contribution in [1.29, 1.82) is 0 Å². The van der Waals surface area contributed by atoms with Gasteiger partial charge >= 0.3 is 5.97 Å². The highest BCUT2D eigenvalue weighted by Gasteiger charge is 2.52. The Bertz CT molecular complexity index is 2450. The van der Waals surface area contributed by atoms with Crippen LogP contribution in [0.15, 0.2) is 84.1 Å². The fourth-order valence-corrected chi connectivity index (χ4v) is 10.2. The van der Waals surface area contributed by atoms with Crippen LogP contribution in [0, 0.1) is 11.3 Å².